The highest BCUT2D eigenvalue weighted by atomic mass is 32.1. The Bertz CT molecular complexity index is 975. The summed E-state index contributed by atoms with van der Waals surface area (Å²) in [5.74, 6) is 0. The van der Waals surface area contributed by atoms with Crippen molar-refractivity contribution in [1.82, 2.24) is 19.9 Å². The van der Waals surface area contributed by atoms with Crippen LogP contribution in [0.3, 0.4) is 0 Å². The Morgan fingerprint density at radius 1 is 1.08 bits per heavy atom. The van der Waals surface area contributed by atoms with Crippen LogP contribution in [0.1, 0.15) is 11.1 Å². The van der Waals surface area contributed by atoms with Crippen molar-refractivity contribution in [2.24, 2.45) is 0 Å². The van der Waals surface area contributed by atoms with Gasteiger partial charge in [0, 0.05) is 25.5 Å². The lowest BCUT2D eigenvalue weighted by Gasteiger charge is -2.07. The van der Waals surface area contributed by atoms with Gasteiger partial charge in [-0.25, -0.2) is 14.8 Å². The van der Waals surface area contributed by atoms with Crippen molar-refractivity contribution >= 4 is 32.7 Å². The number of thiazole rings is 1. The van der Waals surface area contributed by atoms with E-state index in [1.165, 1.54) is 16.9 Å². The number of nitrogens with zero attached hydrogens (tertiary/aromatic N) is 3. The van der Waals surface area contributed by atoms with E-state index in [2.05, 4.69) is 32.7 Å². The molecule has 2 aromatic heterocycles. The number of hydrogen-bond acceptors (Lipinski definition) is 4. The van der Waals surface area contributed by atoms with Gasteiger partial charge >= 0.3 is 6.03 Å². The number of benzene rings is 2. The number of nitrogens with one attached hydrogen (secondary N) is 2. The van der Waals surface area contributed by atoms with Crippen LogP contribution in [0, 0.1) is 0 Å². The molecule has 0 atom stereocenters. The maximum atomic E-state index is 12.1. The number of aromatic nitrogens is 3. The highest BCUT2D eigenvalue weighted by Crippen LogP contribution is 2.25. The first-order valence-electron chi connectivity index (χ1n) is 8.20. The summed E-state index contributed by atoms with van der Waals surface area (Å²) in [5, 5.41) is 6.24. The van der Waals surface area contributed by atoms with Gasteiger partial charge in [0.05, 0.1) is 16.5 Å². The highest BCUT2D eigenvalue weighted by molar-refractivity contribution is 7.22. The SMILES string of the molecule is O=C(NCc1ccc(Cn2ccnc2)cc1)Nc1nc2ccccc2s1. The van der Waals surface area contributed by atoms with E-state index < -0.39 is 0 Å². The first kappa shape index (κ1) is 16.3. The summed E-state index contributed by atoms with van der Waals surface area (Å²) in [7, 11) is 0. The van der Waals surface area contributed by atoms with E-state index in [-0.39, 0.29) is 6.03 Å². The molecule has 0 aliphatic rings. The number of anilines is 1. The number of imidazole rings is 1. The molecule has 0 aliphatic heterocycles. The van der Waals surface area contributed by atoms with Crippen LogP contribution in [0.2, 0.25) is 0 Å². The Labute approximate surface area is 154 Å². The minimum Gasteiger partial charge on any atom is -0.334 e. The maximum absolute atomic E-state index is 12.1. The van der Waals surface area contributed by atoms with Crippen LogP contribution in [0.25, 0.3) is 10.2 Å². The third kappa shape index (κ3) is 3.89. The summed E-state index contributed by atoms with van der Waals surface area (Å²) in [6.45, 7) is 1.24. The summed E-state index contributed by atoms with van der Waals surface area (Å²) >= 11 is 1.46. The van der Waals surface area contributed by atoms with Gasteiger partial charge in [0.15, 0.2) is 5.13 Å². The van der Waals surface area contributed by atoms with Crippen molar-refractivity contribution in [2.75, 3.05) is 5.32 Å². The number of hydrogen-bond donors (Lipinski definition) is 2. The minimum absolute atomic E-state index is 0.258. The van der Waals surface area contributed by atoms with Crippen molar-refractivity contribution < 1.29 is 4.79 Å². The molecule has 4 aromatic rings. The average Bonchev–Trinajstić information content (AvgIpc) is 3.30. The molecule has 0 unspecified atom stereocenters. The minimum atomic E-state index is -0.258. The van der Waals surface area contributed by atoms with Gasteiger partial charge in [-0.05, 0) is 23.3 Å². The second-order valence-electron chi connectivity index (χ2n) is 5.85. The number of para-hydroxylation sites is 1. The Balaban J connectivity index is 1.31. The Kier molecular flexibility index (Phi) is 4.61. The fourth-order valence-corrected chi connectivity index (χ4v) is 3.46. The first-order valence-corrected chi connectivity index (χ1v) is 9.02. The summed E-state index contributed by atoms with van der Waals surface area (Å²) in [4.78, 5) is 20.5. The van der Waals surface area contributed by atoms with Gasteiger partial charge in [0.25, 0.3) is 0 Å². The van der Waals surface area contributed by atoms with E-state index in [0.717, 1.165) is 22.3 Å². The molecular weight excluding hydrogens is 346 g/mol. The smallest absolute Gasteiger partial charge is 0.321 e. The normalized spacial score (nSPS) is 10.8. The lowest BCUT2D eigenvalue weighted by molar-refractivity contribution is 0.251. The fourth-order valence-electron chi connectivity index (χ4n) is 2.60. The highest BCUT2D eigenvalue weighted by Gasteiger charge is 2.07. The zero-order valence-electron chi connectivity index (χ0n) is 13.9. The van der Waals surface area contributed by atoms with Gasteiger partial charge < -0.3 is 9.88 Å². The molecule has 0 fully saturated rings. The van der Waals surface area contributed by atoms with E-state index in [4.69, 9.17) is 0 Å². The molecule has 2 amide bonds. The van der Waals surface area contributed by atoms with Crippen LogP contribution >= 0.6 is 11.3 Å². The Hall–Kier alpha value is -3.19. The Morgan fingerprint density at radius 2 is 1.88 bits per heavy atom. The largest absolute Gasteiger partial charge is 0.334 e. The van der Waals surface area contributed by atoms with E-state index in [9.17, 15) is 4.79 Å². The lowest BCUT2D eigenvalue weighted by atomic mass is 10.1. The molecule has 2 aromatic carbocycles. The fraction of sp³-hybridized carbons (Fsp3) is 0.105. The number of carbonyl (C=O) groups excluding carboxylic acids is 1. The Morgan fingerprint density at radius 3 is 2.65 bits per heavy atom. The molecule has 0 radical (unpaired) electrons. The summed E-state index contributed by atoms with van der Waals surface area (Å²) in [5.41, 5.74) is 3.12. The predicted molar refractivity (Wildman–Crippen MR) is 103 cm³/mol. The van der Waals surface area contributed by atoms with Crippen molar-refractivity contribution in [3.05, 3.63) is 78.4 Å². The van der Waals surface area contributed by atoms with Crippen molar-refractivity contribution in [3.8, 4) is 0 Å². The lowest BCUT2D eigenvalue weighted by Crippen LogP contribution is -2.28. The first-order chi connectivity index (χ1) is 12.8. The molecular formula is C19H17N5OS. The molecule has 4 rings (SSSR count). The van der Waals surface area contributed by atoms with Gasteiger partial charge in [0.2, 0.25) is 0 Å². The van der Waals surface area contributed by atoms with Crippen LogP contribution in [0.4, 0.5) is 9.93 Å². The molecule has 0 aliphatic carbocycles. The summed E-state index contributed by atoms with van der Waals surface area (Å²) < 4.78 is 3.06. The van der Waals surface area contributed by atoms with Crippen LogP contribution in [0.5, 0.6) is 0 Å². The number of fused-ring (bicyclic) bond motifs is 1. The van der Waals surface area contributed by atoms with E-state index in [1.807, 2.05) is 47.2 Å². The zero-order valence-corrected chi connectivity index (χ0v) is 14.7. The topological polar surface area (TPSA) is 71.8 Å². The third-order valence-electron chi connectivity index (χ3n) is 3.91. The van der Waals surface area contributed by atoms with Crippen LogP contribution in [0.15, 0.2) is 67.3 Å². The molecule has 6 nitrogen and oxygen atoms in total. The van der Waals surface area contributed by atoms with Gasteiger partial charge in [-0.2, -0.15) is 0 Å². The van der Waals surface area contributed by atoms with Gasteiger partial charge in [0.1, 0.15) is 0 Å². The van der Waals surface area contributed by atoms with Crippen LogP contribution in [-0.2, 0) is 13.1 Å². The predicted octanol–water partition coefficient (Wildman–Crippen LogP) is 3.86. The van der Waals surface area contributed by atoms with E-state index in [1.54, 1.807) is 12.5 Å². The second kappa shape index (κ2) is 7.37. The molecule has 2 heterocycles. The van der Waals surface area contributed by atoms with Crippen LogP contribution in [-0.4, -0.2) is 20.6 Å². The monoisotopic (exact) mass is 363 g/mol. The average molecular weight is 363 g/mol. The van der Waals surface area contributed by atoms with Gasteiger partial charge in [-0.1, -0.05) is 47.7 Å². The summed E-state index contributed by atoms with van der Waals surface area (Å²) in [6, 6.07) is 15.7. The quantitative estimate of drug-likeness (QED) is 0.565. The van der Waals surface area contributed by atoms with Crippen molar-refractivity contribution in [2.45, 2.75) is 13.1 Å². The molecule has 26 heavy (non-hydrogen) atoms. The number of rotatable bonds is 5. The molecule has 0 saturated carbocycles. The molecule has 130 valence electrons. The number of urea groups is 1. The number of carbonyl (C=O) groups is 1. The standard InChI is InChI=1S/C19H17N5OS/c25-18(23-19-22-16-3-1-2-4-17(16)26-19)21-11-14-5-7-15(8-6-14)12-24-10-9-20-13-24/h1-10,13H,11-12H2,(H2,21,22,23,25). The van der Waals surface area contributed by atoms with Gasteiger partial charge in [-0.15, -0.1) is 0 Å². The molecule has 0 spiro atoms. The molecule has 7 heteroatoms. The van der Waals surface area contributed by atoms with E-state index >= 15 is 0 Å². The van der Waals surface area contributed by atoms with E-state index in [0.29, 0.717) is 11.7 Å². The number of amides is 2. The van der Waals surface area contributed by atoms with Crippen molar-refractivity contribution in [1.29, 1.82) is 0 Å². The zero-order chi connectivity index (χ0) is 17.8. The maximum Gasteiger partial charge on any atom is 0.321 e. The second-order valence-corrected chi connectivity index (χ2v) is 6.88. The van der Waals surface area contributed by atoms with Gasteiger partial charge in [-0.3, -0.25) is 5.32 Å². The third-order valence-corrected chi connectivity index (χ3v) is 4.87. The molecule has 0 saturated heterocycles. The summed E-state index contributed by atoms with van der Waals surface area (Å²) in [6.07, 6.45) is 5.49. The molecule has 0 bridgehead atoms. The molecule has 2 N–H and O–H groups in total. The van der Waals surface area contributed by atoms with Crippen molar-refractivity contribution in [3.63, 3.8) is 0 Å². The van der Waals surface area contributed by atoms with Crippen LogP contribution < -0.4 is 10.6 Å².